The number of rotatable bonds is 6. The van der Waals surface area contributed by atoms with Crippen molar-refractivity contribution in [3.05, 3.63) is 0 Å². The topological polar surface area (TPSA) is 135 Å². The van der Waals surface area contributed by atoms with E-state index in [4.69, 9.17) is 9.47 Å². The molecule has 0 unspecified atom stereocenters. The van der Waals surface area contributed by atoms with E-state index in [1.165, 1.54) is 14.2 Å². The van der Waals surface area contributed by atoms with Crippen LogP contribution in [-0.2, 0) is 28.7 Å². The first-order chi connectivity index (χ1) is 18.2. The second kappa shape index (κ2) is 10.9. The number of piperidine rings is 2. The lowest BCUT2D eigenvalue weighted by molar-refractivity contribution is -0.157. The van der Waals surface area contributed by atoms with Crippen LogP contribution in [0.25, 0.3) is 0 Å². The van der Waals surface area contributed by atoms with Gasteiger partial charge in [-0.05, 0) is 107 Å². The Morgan fingerprint density at radius 3 is 1.02 bits per heavy atom. The van der Waals surface area contributed by atoms with Crippen molar-refractivity contribution >= 4 is 23.8 Å². The molecule has 1 saturated carbocycles. The van der Waals surface area contributed by atoms with Gasteiger partial charge in [0.25, 0.3) is 0 Å². The quantitative estimate of drug-likeness (QED) is 0.362. The zero-order valence-electron chi connectivity index (χ0n) is 26.3. The molecule has 3 fully saturated rings. The SMILES string of the molecule is COC(=O)C1(NC(=O)C2CCC(C(=O)NC3(C(=O)OC)CC(C)(C)NC(C)(C)C3)CC2)CC(C)(C)NC(C)(C)C1. The maximum atomic E-state index is 13.5. The Morgan fingerprint density at radius 1 is 0.550 bits per heavy atom. The summed E-state index contributed by atoms with van der Waals surface area (Å²) in [4.78, 5) is 53.2. The van der Waals surface area contributed by atoms with Crippen molar-refractivity contribution in [2.45, 2.75) is 140 Å². The Bertz CT molecular complexity index is 898. The Labute approximate surface area is 239 Å². The highest BCUT2D eigenvalue weighted by Gasteiger charge is 2.55. The molecule has 4 N–H and O–H groups in total. The van der Waals surface area contributed by atoms with Crippen LogP contribution in [0.15, 0.2) is 0 Å². The summed E-state index contributed by atoms with van der Waals surface area (Å²) in [5.74, 6) is -1.83. The summed E-state index contributed by atoms with van der Waals surface area (Å²) in [7, 11) is 2.71. The molecular formula is C30H52N4O6. The summed E-state index contributed by atoms with van der Waals surface area (Å²) in [6.07, 6.45) is 3.75. The fraction of sp³-hybridized carbons (Fsp3) is 0.867. The summed E-state index contributed by atoms with van der Waals surface area (Å²) in [6, 6.07) is 0. The minimum absolute atomic E-state index is 0.175. The molecule has 228 valence electrons. The molecule has 40 heavy (non-hydrogen) atoms. The number of hydrogen-bond acceptors (Lipinski definition) is 8. The summed E-state index contributed by atoms with van der Waals surface area (Å²) in [5.41, 5.74) is -3.78. The van der Waals surface area contributed by atoms with Gasteiger partial charge in [-0.15, -0.1) is 0 Å². The molecule has 3 aliphatic rings. The van der Waals surface area contributed by atoms with E-state index < -0.39 is 23.0 Å². The number of carbonyl (C=O) groups is 4. The Kier molecular flexibility index (Phi) is 8.80. The van der Waals surface area contributed by atoms with E-state index in [0.717, 1.165) is 0 Å². The van der Waals surface area contributed by atoms with Gasteiger partial charge in [0.1, 0.15) is 11.1 Å². The lowest BCUT2D eigenvalue weighted by Crippen LogP contribution is -2.71. The van der Waals surface area contributed by atoms with Crippen LogP contribution >= 0.6 is 0 Å². The van der Waals surface area contributed by atoms with Crippen LogP contribution in [-0.4, -0.2) is 71.2 Å². The fourth-order valence-electron chi connectivity index (χ4n) is 8.40. The molecule has 10 nitrogen and oxygen atoms in total. The van der Waals surface area contributed by atoms with E-state index in [1.54, 1.807) is 0 Å². The normalized spacial score (nSPS) is 29.4. The van der Waals surface area contributed by atoms with Gasteiger partial charge in [0.2, 0.25) is 11.8 Å². The maximum Gasteiger partial charge on any atom is 0.331 e. The average Bonchev–Trinajstić information content (AvgIpc) is 2.78. The van der Waals surface area contributed by atoms with Crippen molar-refractivity contribution in [3.63, 3.8) is 0 Å². The molecule has 0 aromatic carbocycles. The van der Waals surface area contributed by atoms with E-state index in [-0.39, 0.29) is 45.8 Å². The predicted molar refractivity (Wildman–Crippen MR) is 152 cm³/mol. The van der Waals surface area contributed by atoms with E-state index in [0.29, 0.717) is 51.4 Å². The molecule has 0 spiro atoms. The molecule has 2 saturated heterocycles. The minimum Gasteiger partial charge on any atom is -0.467 e. The first kappa shape index (κ1) is 32.3. The van der Waals surface area contributed by atoms with Crippen molar-refractivity contribution in [2.75, 3.05) is 14.2 Å². The van der Waals surface area contributed by atoms with Crippen LogP contribution < -0.4 is 21.3 Å². The van der Waals surface area contributed by atoms with Crippen molar-refractivity contribution in [3.8, 4) is 0 Å². The number of ether oxygens (including phenoxy) is 2. The largest absolute Gasteiger partial charge is 0.467 e. The van der Waals surface area contributed by atoms with Gasteiger partial charge in [-0.2, -0.15) is 0 Å². The maximum absolute atomic E-state index is 13.5. The molecule has 2 aliphatic heterocycles. The Balaban J connectivity index is 1.69. The van der Waals surface area contributed by atoms with Crippen LogP contribution in [0.3, 0.4) is 0 Å². The Hall–Kier alpha value is -2.20. The average molecular weight is 565 g/mol. The van der Waals surface area contributed by atoms with Crippen molar-refractivity contribution in [2.24, 2.45) is 11.8 Å². The standard InChI is InChI=1S/C30H52N4O6/c1-25(2)15-29(23(37)39-9,16-26(3,4)33-25)31-21(35)19-11-13-20(14-12-19)22(36)32-30(24(38)40-10)17-27(5,6)34-28(7,8)18-30/h19-20,33-34H,11-18H2,1-10H3,(H,31,35)(H,32,36). The zero-order valence-corrected chi connectivity index (χ0v) is 26.3. The van der Waals surface area contributed by atoms with Gasteiger partial charge in [0.05, 0.1) is 14.2 Å². The van der Waals surface area contributed by atoms with Crippen LogP contribution in [0.5, 0.6) is 0 Å². The van der Waals surface area contributed by atoms with Gasteiger partial charge in [-0.25, -0.2) is 9.59 Å². The number of carbonyl (C=O) groups excluding carboxylic acids is 4. The van der Waals surface area contributed by atoms with Gasteiger partial charge in [-0.1, -0.05) is 0 Å². The smallest absolute Gasteiger partial charge is 0.331 e. The molecule has 10 heteroatoms. The lowest BCUT2D eigenvalue weighted by atomic mass is 9.70. The number of nitrogens with one attached hydrogen (secondary N) is 4. The zero-order chi connectivity index (χ0) is 30.4. The Morgan fingerprint density at radius 2 is 0.800 bits per heavy atom. The summed E-state index contributed by atoms with van der Waals surface area (Å²) in [5, 5.41) is 13.3. The van der Waals surface area contributed by atoms with E-state index >= 15 is 0 Å². The molecule has 2 heterocycles. The summed E-state index contributed by atoms with van der Waals surface area (Å²) in [6.45, 7) is 16.2. The molecule has 0 atom stereocenters. The summed E-state index contributed by atoms with van der Waals surface area (Å²) >= 11 is 0. The highest BCUT2D eigenvalue weighted by atomic mass is 16.5. The van der Waals surface area contributed by atoms with Gasteiger partial charge in [0, 0.05) is 34.0 Å². The van der Waals surface area contributed by atoms with Gasteiger partial charge in [0.15, 0.2) is 0 Å². The van der Waals surface area contributed by atoms with Crippen LogP contribution in [0.4, 0.5) is 0 Å². The molecule has 1 aliphatic carbocycles. The third-order valence-electron chi connectivity index (χ3n) is 8.67. The second-order valence-corrected chi connectivity index (χ2v) is 15.2. The number of amides is 2. The summed E-state index contributed by atoms with van der Waals surface area (Å²) < 4.78 is 10.4. The number of methoxy groups -OCH3 is 2. The van der Waals surface area contributed by atoms with E-state index in [1.807, 2.05) is 55.4 Å². The molecule has 2 amide bonds. The molecular weight excluding hydrogens is 512 g/mol. The first-order valence-electron chi connectivity index (χ1n) is 14.6. The minimum atomic E-state index is -1.13. The van der Waals surface area contributed by atoms with E-state index in [2.05, 4.69) is 21.3 Å². The molecule has 0 aromatic rings. The predicted octanol–water partition coefficient (Wildman–Crippen LogP) is 2.73. The van der Waals surface area contributed by atoms with Crippen molar-refractivity contribution in [1.82, 2.24) is 21.3 Å². The van der Waals surface area contributed by atoms with Crippen molar-refractivity contribution < 1.29 is 28.7 Å². The van der Waals surface area contributed by atoms with Gasteiger partial charge < -0.3 is 30.7 Å². The third-order valence-corrected chi connectivity index (χ3v) is 8.67. The third kappa shape index (κ3) is 7.16. The van der Waals surface area contributed by atoms with Gasteiger partial charge in [-0.3, -0.25) is 9.59 Å². The van der Waals surface area contributed by atoms with Crippen molar-refractivity contribution in [1.29, 1.82) is 0 Å². The highest BCUT2D eigenvalue weighted by molar-refractivity contribution is 5.91. The monoisotopic (exact) mass is 564 g/mol. The number of esters is 2. The first-order valence-corrected chi connectivity index (χ1v) is 14.6. The van der Waals surface area contributed by atoms with Gasteiger partial charge >= 0.3 is 11.9 Å². The molecule has 0 aromatic heterocycles. The number of hydrogen-bond donors (Lipinski definition) is 4. The molecule has 0 bridgehead atoms. The fourth-order valence-corrected chi connectivity index (χ4v) is 8.40. The molecule has 0 radical (unpaired) electrons. The highest BCUT2D eigenvalue weighted by Crippen LogP contribution is 2.40. The molecule has 3 rings (SSSR count). The van der Waals surface area contributed by atoms with Crippen LogP contribution in [0, 0.1) is 11.8 Å². The van der Waals surface area contributed by atoms with E-state index in [9.17, 15) is 19.2 Å². The van der Waals surface area contributed by atoms with Crippen LogP contribution in [0.1, 0.15) is 107 Å². The van der Waals surface area contributed by atoms with Crippen LogP contribution in [0.2, 0.25) is 0 Å². The lowest BCUT2D eigenvalue weighted by Gasteiger charge is -2.52. The second-order valence-electron chi connectivity index (χ2n) is 15.2.